The summed E-state index contributed by atoms with van der Waals surface area (Å²) in [6.07, 6.45) is 0. The molecular weight excluding hydrogens is 194 g/mol. The summed E-state index contributed by atoms with van der Waals surface area (Å²) in [7, 11) is -2.19. The van der Waals surface area contributed by atoms with Crippen molar-refractivity contribution < 1.29 is 8.85 Å². The van der Waals surface area contributed by atoms with Crippen molar-refractivity contribution >= 4 is 8.72 Å². The molecule has 0 unspecified atom stereocenters. The van der Waals surface area contributed by atoms with Gasteiger partial charge >= 0.3 is 8.72 Å². The Labute approximate surface area is 89.5 Å². The fourth-order valence-electron chi connectivity index (χ4n) is 1.46. The molecule has 0 aliphatic carbocycles. The standard InChI is InChI=1S/C10H25NO2Si/c1-7-12-14(10(5)6,13-8-2)11-9(3)4/h9-11H,7-8H2,1-6H3. The molecule has 0 rings (SSSR count). The van der Waals surface area contributed by atoms with Gasteiger partial charge in [0.05, 0.1) is 0 Å². The Balaban J connectivity index is 4.55. The molecule has 0 radical (unpaired) electrons. The van der Waals surface area contributed by atoms with Gasteiger partial charge in [-0.3, -0.25) is 4.98 Å². The lowest BCUT2D eigenvalue weighted by atomic mass is 10.4. The fraction of sp³-hybridized carbons (Fsp3) is 1.00. The van der Waals surface area contributed by atoms with Crippen molar-refractivity contribution in [2.45, 2.75) is 53.1 Å². The molecule has 4 heteroatoms. The summed E-state index contributed by atoms with van der Waals surface area (Å²) >= 11 is 0. The van der Waals surface area contributed by atoms with Crippen LogP contribution >= 0.6 is 0 Å². The van der Waals surface area contributed by atoms with Gasteiger partial charge in [0.15, 0.2) is 0 Å². The lowest BCUT2D eigenvalue weighted by Crippen LogP contribution is -2.60. The summed E-state index contributed by atoms with van der Waals surface area (Å²) in [6.45, 7) is 14.0. The van der Waals surface area contributed by atoms with Gasteiger partial charge < -0.3 is 8.85 Å². The predicted octanol–water partition coefficient (Wildman–Crippen LogP) is 2.41. The summed E-state index contributed by atoms with van der Waals surface area (Å²) in [5.74, 6) is 0. The molecule has 0 amide bonds. The zero-order valence-corrected chi connectivity index (χ0v) is 11.4. The van der Waals surface area contributed by atoms with E-state index in [2.05, 4.69) is 32.7 Å². The van der Waals surface area contributed by atoms with Crippen molar-refractivity contribution in [2.24, 2.45) is 0 Å². The van der Waals surface area contributed by atoms with Crippen LogP contribution in [0.25, 0.3) is 0 Å². The molecular formula is C10H25NO2Si. The van der Waals surface area contributed by atoms with Gasteiger partial charge in [0.2, 0.25) is 0 Å². The highest BCUT2D eigenvalue weighted by Gasteiger charge is 2.42. The van der Waals surface area contributed by atoms with Gasteiger partial charge in [-0.25, -0.2) is 0 Å². The molecule has 0 aromatic heterocycles. The van der Waals surface area contributed by atoms with Gasteiger partial charge in [-0.05, 0) is 19.9 Å². The average Bonchev–Trinajstić information content (AvgIpc) is 2.03. The molecule has 3 nitrogen and oxygen atoms in total. The maximum absolute atomic E-state index is 5.85. The number of rotatable bonds is 7. The largest absolute Gasteiger partial charge is 0.427 e. The summed E-state index contributed by atoms with van der Waals surface area (Å²) < 4.78 is 11.7. The first-order valence-corrected chi connectivity index (χ1v) is 7.43. The molecule has 0 atom stereocenters. The molecule has 0 aromatic carbocycles. The highest BCUT2D eigenvalue weighted by Crippen LogP contribution is 2.21. The van der Waals surface area contributed by atoms with E-state index < -0.39 is 8.72 Å². The minimum Gasteiger partial charge on any atom is -0.383 e. The van der Waals surface area contributed by atoms with Gasteiger partial charge in [-0.1, -0.05) is 27.7 Å². The highest BCUT2D eigenvalue weighted by molar-refractivity contribution is 6.66. The Morgan fingerprint density at radius 2 is 1.43 bits per heavy atom. The molecule has 0 aliphatic rings. The Morgan fingerprint density at radius 3 is 1.64 bits per heavy atom. The summed E-state index contributed by atoms with van der Waals surface area (Å²) in [5, 5.41) is 0. The lowest BCUT2D eigenvalue weighted by Gasteiger charge is -2.35. The molecule has 0 fully saturated rings. The van der Waals surface area contributed by atoms with Crippen LogP contribution in [0.15, 0.2) is 0 Å². The predicted molar refractivity (Wildman–Crippen MR) is 62.4 cm³/mol. The van der Waals surface area contributed by atoms with Crippen molar-refractivity contribution in [2.75, 3.05) is 13.2 Å². The molecule has 0 aromatic rings. The van der Waals surface area contributed by atoms with Crippen LogP contribution in [0.1, 0.15) is 41.5 Å². The van der Waals surface area contributed by atoms with Gasteiger partial charge in [-0.15, -0.1) is 0 Å². The molecule has 0 saturated carbocycles. The second-order valence-corrected chi connectivity index (χ2v) is 7.34. The van der Waals surface area contributed by atoms with E-state index in [1.54, 1.807) is 0 Å². The van der Waals surface area contributed by atoms with E-state index >= 15 is 0 Å². The van der Waals surface area contributed by atoms with Crippen LogP contribution < -0.4 is 4.98 Å². The molecule has 0 bridgehead atoms. The van der Waals surface area contributed by atoms with E-state index in [9.17, 15) is 0 Å². The van der Waals surface area contributed by atoms with Crippen molar-refractivity contribution in [3.05, 3.63) is 0 Å². The molecule has 0 aliphatic heterocycles. The molecule has 0 saturated heterocycles. The third kappa shape index (κ3) is 4.08. The highest BCUT2D eigenvalue weighted by atomic mass is 28.4. The molecule has 0 heterocycles. The van der Waals surface area contributed by atoms with E-state index in [4.69, 9.17) is 8.85 Å². The minimum atomic E-state index is -2.19. The molecule has 1 N–H and O–H groups in total. The van der Waals surface area contributed by atoms with E-state index in [0.29, 0.717) is 24.8 Å². The summed E-state index contributed by atoms with van der Waals surface area (Å²) in [5.41, 5.74) is 0.421. The van der Waals surface area contributed by atoms with Crippen molar-refractivity contribution in [3.63, 3.8) is 0 Å². The second kappa shape index (κ2) is 6.56. The number of hydrogen-bond acceptors (Lipinski definition) is 3. The van der Waals surface area contributed by atoms with Crippen LogP contribution in [0.4, 0.5) is 0 Å². The first kappa shape index (κ1) is 14.1. The molecule has 14 heavy (non-hydrogen) atoms. The van der Waals surface area contributed by atoms with Gasteiger partial charge in [-0.2, -0.15) is 0 Å². The zero-order chi connectivity index (χ0) is 11.2. The van der Waals surface area contributed by atoms with E-state index in [1.165, 1.54) is 0 Å². The zero-order valence-electron chi connectivity index (χ0n) is 10.4. The lowest BCUT2D eigenvalue weighted by molar-refractivity contribution is 0.160. The third-order valence-corrected chi connectivity index (χ3v) is 5.90. The monoisotopic (exact) mass is 219 g/mol. The van der Waals surface area contributed by atoms with Crippen molar-refractivity contribution in [3.8, 4) is 0 Å². The van der Waals surface area contributed by atoms with Gasteiger partial charge in [0, 0.05) is 18.8 Å². The van der Waals surface area contributed by atoms with Crippen LogP contribution in [0, 0.1) is 0 Å². The Bertz CT molecular complexity index is 145. The molecule has 0 spiro atoms. The number of hydrogen-bond donors (Lipinski definition) is 1. The SMILES string of the molecule is CCO[Si](NC(C)C)(OCC)C(C)C. The Morgan fingerprint density at radius 1 is 1.00 bits per heavy atom. The maximum Gasteiger partial charge on any atom is 0.427 e. The van der Waals surface area contributed by atoms with Crippen molar-refractivity contribution in [1.82, 2.24) is 4.98 Å². The first-order chi connectivity index (χ1) is 6.48. The smallest absolute Gasteiger partial charge is 0.383 e. The Kier molecular flexibility index (Phi) is 6.60. The third-order valence-electron chi connectivity index (χ3n) is 1.97. The van der Waals surface area contributed by atoms with Crippen LogP contribution in [0.3, 0.4) is 0 Å². The van der Waals surface area contributed by atoms with Crippen LogP contribution in [-0.4, -0.2) is 28.0 Å². The van der Waals surface area contributed by atoms with Gasteiger partial charge in [0.1, 0.15) is 0 Å². The second-order valence-electron chi connectivity index (χ2n) is 3.99. The normalized spacial score (nSPS) is 12.9. The minimum absolute atomic E-state index is 0.405. The van der Waals surface area contributed by atoms with Crippen LogP contribution in [-0.2, 0) is 8.85 Å². The summed E-state index contributed by atoms with van der Waals surface area (Å²) in [6, 6.07) is 0.405. The summed E-state index contributed by atoms with van der Waals surface area (Å²) in [4.78, 5) is 3.49. The average molecular weight is 219 g/mol. The van der Waals surface area contributed by atoms with Crippen LogP contribution in [0.2, 0.25) is 5.54 Å². The van der Waals surface area contributed by atoms with Crippen molar-refractivity contribution in [1.29, 1.82) is 0 Å². The van der Waals surface area contributed by atoms with E-state index in [1.807, 2.05) is 13.8 Å². The first-order valence-electron chi connectivity index (χ1n) is 5.54. The van der Waals surface area contributed by atoms with Crippen LogP contribution in [0.5, 0.6) is 0 Å². The quantitative estimate of drug-likeness (QED) is 0.667. The Hall–Kier alpha value is 0.0969. The fourth-order valence-corrected chi connectivity index (χ4v) is 4.37. The topological polar surface area (TPSA) is 30.5 Å². The molecule has 86 valence electrons. The van der Waals surface area contributed by atoms with E-state index in [-0.39, 0.29) is 0 Å². The number of nitrogens with one attached hydrogen (secondary N) is 1. The van der Waals surface area contributed by atoms with Gasteiger partial charge in [0.25, 0.3) is 0 Å². The maximum atomic E-state index is 5.85. The van der Waals surface area contributed by atoms with E-state index in [0.717, 1.165) is 0 Å².